The lowest BCUT2D eigenvalue weighted by molar-refractivity contribution is 0.218. The standard InChI is InChI=1S/C8H11NO2.C8H12/c1-10-7-5-3-4-6-9-8(7)11-2;1-2-4-6-8-7-5-3-1/h3-6,9H,1-2H3;1-6H2. The second kappa shape index (κ2) is 10.1. The van der Waals surface area contributed by atoms with Crippen LogP contribution in [0, 0.1) is 11.8 Å². The average Bonchev–Trinajstić information content (AvgIpc) is 2.63. The molecule has 3 heteroatoms. The quantitative estimate of drug-likeness (QED) is 0.772. The van der Waals surface area contributed by atoms with Gasteiger partial charge in [0.25, 0.3) is 0 Å². The minimum absolute atomic E-state index is 0.623. The van der Waals surface area contributed by atoms with Crippen LogP contribution < -0.4 is 5.32 Å². The van der Waals surface area contributed by atoms with Gasteiger partial charge in [-0.05, 0) is 25.0 Å². The van der Waals surface area contributed by atoms with E-state index in [0.717, 1.165) is 12.8 Å². The molecular formula is C16H23NO2. The van der Waals surface area contributed by atoms with Crippen molar-refractivity contribution in [1.29, 1.82) is 0 Å². The molecule has 3 nitrogen and oxygen atoms in total. The van der Waals surface area contributed by atoms with Crippen molar-refractivity contribution in [1.82, 2.24) is 5.32 Å². The van der Waals surface area contributed by atoms with E-state index in [-0.39, 0.29) is 0 Å². The van der Waals surface area contributed by atoms with E-state index < -0.39 is 0 Å². The lowest BCUT2D eigenvalue weighted by atomic mass is 10.1. The highest BCUT2D eigenvalue weighted by atomic mass is 16.5. The fraction of sp³-hybridized carbons (Fsp3) is 0.500. The third kappa shape index (κ3) is 6.61. The predicted molar refractivity (Wildman–Crippen MR) is 77.9 cm³/mol. The van der Waals surface area contributed by atoms with Crippen LogP contribution in [0.2, 0.25) is 0 Å². The van der Waals surface area contributed by atoms with Crippen LogP contribution in [0.25, 0.3) is 0 Å². The van der Waals surface area contributed by atoms with E-state index in [1.807, 2.05) is 18.2 Å². The monoisotopic (exact) mass is 261 g/mol. The first-order chi connectivity index (χ1) is 9.38. The maximum absolute atomic E-state index is 5.04. The zero-order valence-electron chi connectivity index (χ0n) is 11.9. The van der Waals surface area contributed by atoms with E-state index in [1.165, 1.54) is 25.7 Å². The van der Waals surface area contributed by atoms with Crippen molar-refractivity contribution in [3.8, 4) is 11.8 Å². The zero-order chi connectivity index (χ0) is 13.8. The van der Waals surface area contributed by atoms with Gasteiger partial charge in [0.05, 0.1) is 14.2 Å². The largest absolute Gasteiger partial charge is 0.491 e. The molecule has 0 bridgehead atoms. The van der Waals surface area contributed by atoms with Crippen molar-refractivity contribution in [3.05, 3.63) is 36.1 Å². The normalized spacial score (nSPS) is 17.6. The fourth-order valence-electron chi connectivity index (χ4n) is 1.75. The van der Waals surface area contributed by atoms with Gasteiger partial charge in [0.15, 0.2) is 5.76 Å². The molecule has 0 aromatic rings. The molecule has 0 unspecified atom stereocenters. The Morgan fingerprint density at radius 1 is 0.947 bits per heavy atom. The Labute approximate surface area is 116 Å². The molecule has 0 aromatic heterocycles. The van der Waals surface area contributed by atoms with E-state index in [2.05, 4.69) is 17.2 Å². The third-order valence-corrected chi connectivity index (χ3v) is 2.80. The molecule has 1 aliphatic carbocycles. The van der Waals surface area contributed by atoms with Gasteiger partial charge in [0.2, 0.25) is 5.88 Å². The van der Waals surface area contributed by atoms with Crippen LogP contribution in [0.5, 0.6) is 0 Å². The van der Waals surface area contributed by atoms with Gasteiger partial charge in [-0.3, -0.25) is 0 Å². The summed E-state index contributed by atoms with van der Waals surface area (Å²) >= 11 is 0. The number of ether oxygens (including phenoxy) is 2. The Morgan fingerprint density at radius 2 is 1.63 bits per heavy atom. The minimum Gasteiger partial charge on any atom is -0.491 e. The van der Waals surface area contributed by atoms with E-state index in [9.17, 15) is 0 Å². The first kappa shape index (κ1) is 15.2. The van der Waals surface area contributed by atoms with Crippen LogP contribution in [0.3, 0.4) is 0 Å². The molecule has 1 heterocycles. The summed E-state index contributed by atoms with van der Waals surface area (Å²) in [7, 11) is 3.19. The van der Waals surface area contributed by atoms with Gasteiger partial charge in [0, 0.05) is 19.0 Å². The van der Waals surface area contributed by atoms with E-state index in [4.69, 9.17) is 9.47 Å². The molecule has 0 amide bonds. The predicted octanol–water partition coefficient (Wildman–Crippen LogP) is 3.47. The van der Waals surface area contributed by atoms with Gasteiger partial charge < -0.3 is 14.8 Å². The Hall–Kier alpha value is -1.82. The van der Waals surface area contributed by atoms with Crippen molar-refractivity contribution in [2.45, 2.75) is 38.5 Å². The van der Waals surface area contributed by atoms with Gasteiger partial charge in [-0.25, -0.2) is 0 Å². The highest BCUT2D eigenvalue weighted by Crippen LogP contribution is 2.07. The van der Waals surface area contributed by atoms with Crippen molar-refractivity contribution in [3.63, 3.8) is 0 Å². The maximum Gasteiger partial charge on any atom is 0.234 e. The molecular weight excluding hydrogens is 238 g/mol. The fourth-order valence-corrected chi connectivity index (χ4v) is 1.75. The van der Waals surface area contributed by atoms with Crippen LogP contribution in [0.4, 0.5) is 0 Å². The summed E-state index contributed by atoms with van der Waals surface area (Å²) in [6.07, 6.45) is 15.1. The number of hydrogen-bond donors (Lipinski definition) is 1. The van der Waals surface area contributed by atoms with E-state index >= 15 is 0 Å². The third-order valence-electron chi connectivity index (χ3n) is 2.80. The molecule has 19 heavy (non-hydrogen) atoms. The number of hydrogen-bond acceptors (Lipinski definition) is 3. The smallest absolute Gasteiger partial charge is 0.234 e. The molecule has 1 aliphatic heterocycles. The van der Waals surface area contributed by atoms with Gasteiger partial charge in [-0.2, -0.15) is 0 Å². The zero-order valence-corrected chi connectivity index (χ0v) is 11.9. The number of allylic oxidation sites excluding steroid dienone is 3. The Morgan fingerprint density at radius 3 is 2.21 bits per heavy atom. The van der Waals surface area contributed by atoms with Crippen LogP contribution in [0.15, 0.2) is 36.1 Å². The van der Waals surface area contributed by atoms with Gasteiger partial charge >= 0.3 is 0 Å². The molecule has 2 rings (SSSR count). The topological polar surface area (TPSA) is 30.5 Å². The first-order valence-electron chi connectivity index (χ1n) is 6.76. The van der Waals surface area contributed by atoms with E-state index in [0.29, 0.717) is 11.6 Å². The number of nitrogens with one attached hydrogen (secondary N) is 1. The summed E-state index contributed by atoms with van der Waals surface area (Å²) in [6.45, 7) is 0. The summed E-state index contributed by atoms with van der Waals surface area (Å²) in [5.74, 6) is 7.59. The minimum atomic E-state index is 0.623. The summed E-state index contributed by atoms with van der Waals surface area (Å²) in [6, 6.07) is 0. The molecule has 0 aromatic carbocycles. The molecule has 0 atom stereocenters. The Kier molecular flexibility index (Phi) is 8.13. The molecule has 2 aliphatic rings. The van der Waals surface area contributed by atoms with Gasteiger partial charge in [0.1, 0.15) is 0 Å². The first-order valence-corrected chi connectivity index (χ1v) is 6.76. The van der Waals surface area contributed by atoms with Crippen LogP contribution in [0.1, 0.15) is 38.5 Å². The highest BCUT2D eigenvalue weighted by molar-refractivity contribution is 5.23. The SMILES string of the molecule is C1#CCCCCCC1.COC1=C(OC)NC=CC=C1. The van der Waals surface area contributed by atoms with Crippen molar-refractivity contribution in [2.24, 2.45) is 0 Å². The lowest BCUT2D eigenvalue weighted by Gasteiger charge is -2.07. The highest BCUT2D eigenvalue weighted by Gasteiger charge is 2.03. The molecule has 0 spiro atoms. The average molecular weight is 261 g/mol. The summed E-state index contributed by atoms with van der Waals surface area (Å²) in [5, 5.41) is 2.92. The van der Waals surface area contributed by atoms with Gasteiger partial charge in [-0.1, -0.05) is 18.9 Å². The second-order valence-corrected chi connectivity index (χ2v) is 4.23. The molecule has 0 fully saturated rings. The van der Waals surface area contributed by atoms with Crippen LogP contribution in [-0.2, 0) is 9.47 Å². The van der Waals surface area contributed by atoms with Crippen molar-refractivity contribution in [2.75, 3.05) is 14.2 Å². The molecule has 0 saturated heterocycles. The van der Waals surface area contributed by atoms with Crippen LogP contribution >= 0.6 is 0 Å². The number of rotatable bonds is 2. The molecule has 1 N–H and O–H groups in total. The Balaban J connectivity index is 0.000000200. The van der Waals surface area contributed by atoms with Crippen molar-refractivity contribution < 1.29 is 9.47 Å². The molecule has 0 saturated carbocycles. The summed E-state index contributed by atoms with van der Waals surface area (Å²) in [5.41, 5.74) is 0. The Bertz CT molecular complexity index is 385. The summed E-state index contributed by atoms with van der Waals surface area (Å²) < 4.78 is 10.1. The van der Waals surface area contributed by atoms with Gasteiger partial charge in [-0.15, -0.1) is 11.8 Å². The maximum atomic E-state index is 5.04. The van der Waals surface area contributed by atoms with Crippen LogP contribution in [-0.4, -0.2) is 14.2 Å². The number of methoxy groups -OCH3 is 2. The summed E-state index contributed by atoms with van der Waals surface area (Å²) in [4.78, 5) is 0. The lowest BCUT2D eigenvalue weighted by Crippen LogP contribution is -2.09. The van der Waals surface area contributed by atoms with E-state index in [1.54, 1.807) is 20.4 Å². The van der Waals surface area contributed by atoms with Crippen molar-refractivity contribution >= 4 is 0 Å². The molecule has 104 valence electrons. The molecule has 0 radical (unpaired) electrons. The second-order valence-electron chi connectivity index (χ2n) is 4.23.